The van der Waals surface area contributed by atoms with Gasteiger partial charge in [-0.15, -0.1) is 0 Å². The molecular weight excluding hydrogens is 279 g/mol. The van der Waals surface area contributed by atoms with E-state index >= 15 is 0 Å². The van der Waals surface area contributed by atoms with E-state index in [1.807, 2.05) is 25.1 Å². The fourth-order valence-corrected chi connectivity index (χ4v) is 2.16. The molecule has 0 fully saturated rings. The summed E-state index contributed by atoms with van der Waals surface area (Å²) in [7, 11) is 0. The highest BCUT2D eigenvalue weighted by Gasteiger charge is 2.19. The summed E-state index contributed by atoms with van der Waals surface area (Å²) < 4.78 is 14.3. The van der Waals surface area contributed by atoms with Crippen LogP contribution in [-0.4, -0.2) is 11.5 Å². The predicted octanol–water partition coefficient (Wildman–Crippen LogP) is 3.07. The van der Waals surface area contributed by atoms with E-state index in [1.165, 1.54) is 6.07 Å². The van der Waals surface area contributed by atoms with Gasteiger partial charge in [-0.1, -0.05) is 17.7 Å². The monoisotopic (exact) mass is 294 g/mol. The van der Waals surface area contributed by atoms with Crippen LogP contribution in [0.2, 0.25) is 5.02 Å². The predicted molar refractivity (Wildman–Crippen MR) is 81.2 cm³/mol. The summed E-state index contributed by atoms with van der Waals surface area (Å²) in [5, 5.41) is -0.103. The first-order chi connectivity index (χ1) is 9.54. The fourth-order valence-electron chi connectivity index (χ4n) is 2.01. The van der Waals surface area contributed by atoms with Crippen molar-refractivity contribution in [2.45, 2.75) is 13.5 Å². The third kappa shape index (κ3) is 2.77. The van der Waals surface area contributed by atoms with Crippen molar-refractivity contribution >= 4 is 28.7 Å². The first kappa shape index (κ1) is 14.4. The van der Waals surface area contributed by atoms with Gasteiger partial charge in [0, 0.05) is 12.7 Å². The van der Waals surface area contributed by atoms with Crippen molar-refractivity contribution in [1.29, 1.82) is 0 Å². The van der Waals surface area contributed by atoms with Crippen LogP contribution >= 0.6 is 11.6 Å². The number of nitrogens with two attached hydrogens (primary N) is 2. The zero-order valence-electron chi connectivity index (χ0n) is 11.1. The van der Waals surface area contributed by atoms with Crippen LogP contribution in [-0.2, 0) is 6.54 Å². The van der Waals surface area contributed by atoms with E-state index in [0.717, 1.165) is 5.69 Å². The van der Waals surface area contributed by atoms with Gasteiger partial charge < -0.3 is 16.4 Å². The molecule has 0 aliphatic heterocycles. The molecule has 1 aromatic carbocycles. The number of hydrogen-bond acceptors (Lipinski definition) is 4. The molecule has 0 atom stereocenters. The van der Waals surface area contributed by atoms with Gasteiger partial charge in [0.1, 0.15) is 5.02 Å². The Morgan fingerprint density at radius 2 is 2.05 bits per heavy atom. The molecular formula is C14H16ClFN4. The molecule has 4 N–H and O–H groups in total. The van der Waals surface area contributed by atoms with Crippen LogP contribution in [0.15, 0.2) is 30.5 Å². The molecule has 0 aliphatic carbocycles. The molecule has 1 heterocycles. The summed E-state index contributed by atoms with van der Waals surface area (Å²) in [5.74, 6) is -0.595. The van der Waals surface area contributed by atoms with Crippen LogP contribution in [0, 0.1) is 5.82 Å². The minimum Gasteiger partial charge on any atom is -0.397 e. The Kier molecular flexibility index (Phi) is 4.29. The summed E-state index contributed by atoms with van der Waals surface area (Å²) in [6.07, 6.45) is 1.69. The Hall–Kier alpha value is -2.01. The average molecular weight is 295 g/mol. The van der Waals surface area contributed by atoms with Gasteiger partial charge in [-0.05, 0) is 25.1 Å². The van der Waals surface area contributed by atoms with E-state index in [4.69, 9.17) is 23.1 Å². The normalized spacial score (nSPS) is 10.6. The lowest BCUT2D eigenvalue weighted by Crippen LogP contribution is -2.25. The Labute approximate surface area is 122 Å². The van der Waals surface area contributed by atoms with Gasteiger partial charge in [0.25, 0.3) is 0 Å². The third-order valence-electron chi connectivity index (χ3n) is 3.02. The van der Waals surface area contributed by atoms with Crippen LogP contribution in [0.1, 0.15) is 12.6 Å². The largest absolute Gasteiger partial charge is 0.397 e. The molecule has 0 amide bonds. The summed E-state index contributed by atoms with van der Waals surface area (Å²) >= 11 is 5.86. The zero-order chi connectivity index (χ0) is 14.7. The molecule has 0 saturated carbocycles. The summed E-state index contributed by atoms with van der Waals surface area (Å²) in [4.78, 5) is 6.00. The Balaban J connectivity index is 2.40. The van der Waals surface area contributed by atoms with Crippen molar-refractivity contribution in [3.63, 3.8) is 0 Å². The molecule has 4 nitrogen and oxygen atoms in total. The molecule has 0 aliphatic rings. The lowest BCUT2D eigenvalue weighted by atomic mass is 10.2. The lowest BCUT2D eigenvalue weighted by molar-refractivity contribution is 0.619. The van der Waals surface area contributed by atoms with E-state index in [2.05, 4.69) is 4.98 Å². The molecule has 0 spiro atoms. The van der Waals surface area contributed by atoms with Crippen LogP contribution in [0.25, 0.3) is 0 Å². The van der Waals surface area contributed by atoms with E-state index in [9.17, 15) is 4.39 Å². The highest BCUT2D eigenvalue weighted by Crippen LogP contribution is 2.36. The van der Waals surface area contributed by atoms with Crippen LogP contribution in [0.5, 0.6) is 0 Å². The van der Waals surface area contributed by atoms with Crippen LogP contribution in [0.3, 0.4) is 0 Å². The van der Waals surface area contributed by atoms with Crippen molar-refractivity contribution in [3.05, 3.63) is 47.0 Å². The second kappa shape index (κ2) is 5.96. The number of halogens is 2. The maximum Gasteiger partial charge on any atom is 0.169 e. The maximum atomic E-state index is 14.3. The van der Waals surface area contributed by atoms with Crippen molar-refractivity contribution in [1.82, 2.24) is 4.98 Å². The first-order valence-corrected chi connectivity index (χ1v) is 6.60. The summed E-state index contributed by atoms with van der Waals surface area (Å²) in [6.45, 7) is 2.92. The standard InChI is InChI=1S/C14H16ClFN4/c1-2-20(8-9-5-3-4-6-19-9)14-11(18)7-10(17)12(15)13(14)16/h3-7H,2,8,17-18H2,1H3. The van der Waals surface area contributed by atoms with Gasteiger partial charge in [0.2, 0.25) is 0 Å². The number of anilines is 3. The quantitative estimate of drug-likeness (QED) is 0.850. The second-order valence-corrected chi connectivity index (χ2v) is 4.74. The molecule has 2 rings (SSSR count). The Bertz CT molecular complexity index is 604. The minimum absolute atomic E-state index is 0.103. The highest BCUT2D eigenvalue weighted by atomic mass is 35.5. The minimum atomic E-state index is -0.595. The molecule has 0 unspecified atom stereocenters. The van der Waals surface area contributed by atoms with Gasteiger partial charge in [0.05, 0.1) is 29.3 Å². The molecule has 2 aromatic rings. The number of benzene rings is 1. The summed E-state index contributed by atoms with van der Waals surface area (Å²) in [5.41, 5.74) is 13.0. The number of nitrogens with zero attached hydrogens (tertiary/aromatic N) is 2. The molecule has 0 radical (unpaired) electrons. The van der Waals surface area contributed by atoms with E-state index < -0.39 is 5.82 Å². The topological polar surface area (TPSA) is 68.2 Å². The third-order valence-corrected chi connectivity index (χ3v) is 3.40. The Morgan fingerprint density at radius 1 is 1.30 bits per heavy atom. The molecule has 106 valence electrons. The van der Waals surface area contributed by atoms with E-state index in [0.29, 0.717) is 13.1 Å². The molecule has 0 saturated heterocycles. The smallest absolute Gasteiger partial charge is 0.169 e. The van der Waals surface area contributed by atoms with Crippen LogP contribution in [0.4, 0.5) is 21.5 Å². The molecule has 6 heteroatoms. The lowest BCUT2D eigenvalue weighted by Gasteiger charge is -2.25. The van der Waals surface area contributed by atoms with Gasteiger partial charge in [-0.2, -0.15) is 0 Å². The van der Waals surface area contributed by atoms with Gasteiger partial charge >= 0.3 is 0 Å². The summed E-state index contributed by atoms with van der Waals surface area (Å²) in [6, 6.07) is 7.05. The van der Waals surface area contributed by atoms with Crippen molar-refractivity contribution < 1.29 is 4.39 Å². The van der Waals surface area contributed by atoms with Gasteiger partial charge in [-0.25, -0.2) is 4.39 Å². The SMILES string of the molecule is CCN(Cc1ccccn1)c1c(N)cc(N)c(Cl)c1F. The zero-order valence-corrected chi connectivity index (χ0v) is 11.9. The molecule has 20 heavy (non-hydrogen) atoms. The van der Waals surface area contributed by atoms with Crippen LogP contribution < -0.4 is 16.4 Å². The van der Waals surface area contributed by atoms with E-state index in [-0.39, 0.29) is 22.1 Å². The van der Waals surface area contributed by atoms with Crippen molar-refractivity contribution in [2.75, 3.05) is 22.9 Å². The number of aromatic nitrogens is 1. The maximum absolute atomic E-state index is 14.3. The van der Waals surface area contributed by atoms with Crippen molar-refractivity contribution in [3.8, 4) is 0 Å². The number of hydrogen-bond donors (Lipinski definition) is 2. The van der Waals surface area contributed by atoms with Gasteiger partial charge in [-0.3, -0.25) is 4.98 Å². The highest BCUT2D eigenvalue weighted by molar-refractivity contribution is 6.33. The molecule has 1 aromatic heterocycles. The molecule has 0 bridgehead atoms. The Morgan fingerprint density at radius 3 is 2.65 bits per heavy atom. The van der Waals surface area contributed by atoms with Gasteiger partial charge in [0.15, 0.2) is 5.82 Å². The number of rotatable bonds is 4. The fraction of sp³-hybridized carbons (Fsp3) is 0.214. The number of pyridine rings is 1. The number of nitrogen functional groups attached to an aromatic ring is 2. The van der Waals surface area contributed by atoms with Crippen molar-refractivity contribution in [2.24, 2.45) is 0 Å². The first-order valence-electron chi connectivity index (χ1n) is 6.22. The average Bonchev–Trinajstić information content (AvgIpc) is 2.45. The van der Waals surface area contributed by atoms with E-state index in [1.54, 1.807) is 11.1 Å². The second-order valence-electron chi connectivity index (χ2n) is 4.37.